The Morgan fingerprint density at radius 3 is 2.67 bits per heavy atom. The Morgan fingerprint density at radius 2 is 2.03 bits per heavy atom. The zero-order valence-corrected chi connectivity index (χ0v) is 18.5. The molecule has 1 amide bonds. The number of amides is 1. The lowest BCUT2D eigenvalue weighted by Crippen LogP contribution is -2.49. The molecule has 2 heterocycles. The van der Waals surface area contributed by atoms with Crippen LogP contribution in [-0.4, -0.2) is 61.1 Å². The summed E-state index contributed by atoms with van der Waals surface area (Å²) in [6.45, 7) is 7.93. The maximum Gasteiger partial charge on any atom is 0.263 e. The Hall–Kier alpha value is -2.36. The fraction of sp³-hybridized carbons (Fsp3) is 0.400. The molecule has 8 nitrogen and oxygen atoms in total. The van der Waals surface area contributed by atoms with E-state index in [1.165, 1.54) is 21.3 Å². The Labute approximate surface area is 182 Å². The van der Waals surface area contributed by atoms with Gasteiger partial charge in [-0.2, -0.15) is 9.40 Å². The highest BCUT2D eigenvalue weighted by Gasteiger charge is 2.34. The number of aryl methyl sites for hydroxylation is 1. The van der Waals surface area contributed by atoms with Crippen molar-refractivity contribution in [1.82, 2.24) is 19.4 Å². The molecule has 3 rings (SSSR count). The maximum absolute atomic E-state index is 13.3. The van der Waals surface area contributed by atoms with Gasteiger partial charge >= 0.3 is 0 Å². The molecular weight excluding hydrogens is 426 g/mol. The first-order valence-electron chi connectivity index (χ1n) is 9.84. The summed E-state index contributed by atoms with van der Waals surface area (Å²) in [5, 5.41) is 7.31. The first-order chi connectivity index (χ1) is 14.4. The third kappa shape index (κ3) is 4.85. The van der Waals surface area contributed by atoms with Crippen LogP contribution in [0.1, 0.15) is 23.7 Å². The van der Waals surface area contributed by atoms with Gasteiger partial charge in [0.2, 0.25) is 5.03 Å². The fourth-order valence-corrected chi connectivity index (χ4v) is 5.04. The van der Waals surface area contributed by atoms with E-state index in [2.05, 4.69) is 21.9 Å². The zero-order chi connectivity index (χ0) is 21.7. The third-order valence-corrected chi connectivity index (χ3v) is 6.90. The number of hydrogen-bond donors (Lipinski definition) is 1. The minimum atomic E-state index is -3.91. The van der Waals surface area contributed by atoms with Gasteiger partial charge in [0.25, 0.3) is 15.9 Å². The number of benzene rings is 1. The van der Waals surface area contributed by atoms with Crippen LogP contribution < -0.4 is 10.2 Å². The Balaban J connectivity index is 1.81. The first kappa shape index (κ1) is 22.3. The molecule has 1 N–H and O–H groups in total. The SMILES string of the molecule is C=CCNC(=O)c1cn(CCC)nc1S(=O)(=O)N1CCN(c2cccc(Cl)c2)CC1. The normalized spacial score (nSPS) is 15.2. The minimum Gasteiger partial charge on any atom is -0.369 e. The molecule has 0 saturated carbocycles. The van der Waals surface area contributed by atoms with Crippen molar-refractivity contribution in [3.05, 3.63) is 53.7 Å². The molecule has 30 heavy (non-hydrogen) atoms. The van der Waals surface area contributed by atoms with Crippen LogP contribution in [0.2, 0.25) is 5.02 Å². The molecule has 0 spiro atoms. The summed E-state index contributed by atoms with van der Waals surface area (Å²) in [4.78, 5) is 14.6. The molecule has 1 aliphatic heterocycles. The van der Waals surface area contributed by atoms with E-state index in [0.29, 0.717) is 37.7 Å². The summed E-state index contributed by atoms with van der Waals surface area (Å²) in [7, 11) is -3.91. The van der Waals surface area contributed by atoms with Gasteiger partial charge in [-0.3, -0.25) is 9.48 Å². The van der Waals surface area contributed by atoms with Crippen molar-refractivity contribution < 1.29 is 13.2 Å². The largest absolute Gasteiger partial charge is 0.369 e. The van der Waals surface area contributed by atoms with Crippen molar-refractivity contribution in [2.24, 2.45) is 0 Å². The second kappa shape index (κ2) is 9.63. The quantitative estimate of drug-likeness (QED) is 0.622. The van der Waals surface area contributed by atoms with Crippen LogP contribution in [0.15, 0.2) is 48.1 Å². The number of hydrogen-bond acceptors (Lipinski definition) is 5. The highest BCUT2D eigenvalue weighted by Crippen LogP contribution is 2.24. The van der Waals surface area contributed by atoms with Crippen LogP contribution in [0.25, 0.3) is 0 Å². The molecule has 1 aliphatic rings. The molecule has 0 radical (unpaired) electrons. The van der Waals surface area contributed by atoms with Crippen molar-refractivity contribution in [2.75, 3.05) is 37.6 Å². The Morgan fingerprint density at radius 1 is 1.30 bits per heavy atom. The smallest absolute Gasteiger partial charge is 0.263 e. The third-order valence-electron chi connectivity index (χ3n) is 4.83. The van der Waals surface area contributed by atoms with Gasteiger partial charge in [-0.25, -0.2) is 8.42 Å². The van der Waals surface area contributed by atoms with E-state index < -0.39 is 15.9 Å². The number of carbonyl (C=O) groups excluding carboxylic acids is 1. The number of piperazine rings is 1. The predicted octanol–water partition coefficient (Wildman–Crippen LogP) is 2.37. The van der Waals surface area contributed by atoms with Crippen LogP contribution in [0.4, 0.5) is 5.69 Å². The van der Waals surface area contributed by atoms with Crippen LogP contribution in [0, 0.1) is 0 Å². The minimum absolute atomic E-state index is 0.0579. The Bertz CT molecular complexity index is 1010. The van der Waals surface area contributed by atoms with Gasteiger partial charge in [0.1, 0.15) is 0 Å². The van der Waals surface area contributed by atoms with Gasteiger partial charge in [-0.1, -0.05) is 30.7 Å². The lowest BCUT2D eigenvalue weighted by molar-refractivity contribution is 0.0954. The average Bonchev–Trinajstić information content (AvgIpc) is 3.17. The summed E-state index contributed by atoms with van der Waals surface area (Å²) < 4.78 is 29.5. The first-order valence-corrected chi connectivity index (χ1v) is 11.7. The fourth-order valence-electron chi connectivity index (χ4n) is 3.34. The predicted molar refractivity (Wildman–Crippen MR) is 117 cm³/mol. The van der Waals surface area contributed by atoms with E-state index in [4.69, 9.17) is 11.6 Å². The van der Waals surface area contributed by atoms with Crippen molar-refractivity contribution in [2.45, 2.75) is 24.9 Å². The number of carbonyl (C=O) groups is 1. The van der Waals surface area contributed by atoms with E-state index in [1.807, 2.05) is 25.1 Å². The monoisotopic (exact) mass is 451 g/mol. The molecule has 1 saturated heterocycles. The molecule has 1 aromatic carbocycles. The number of nitrogens with one attached hydrogen (secondary N) is 1. The number of sulfonamides is 1. The van der Waals surface area contributed by atoms with Crippen molar-refractivity contribution in [3.63, 3.8) is 0 Å². The van der Waals surface area contributed by atoms with Crippen LogP contribution in [0.5, 0.6) is 0 Å². The van der Waals surface area contributed by atoms with E-state index in [-0.39, 0.29) is 17.1 Å². The van der Waals surface area contributed by atoms with Gasteiger partial charge in [-0.15, -0.1) is 6.58 Å². The van der Waals surface area contributed by atoms with E-state index in [0.717, 1.165) is 12.1 Å². The van der Waals surface area contributed by atoms with Gasteiger partial charge in [0.05, 0.1) is 5.56 Å². The lowest BCUT2D eigenvalue weighted by Gasteiger charge is -2.35. The molecule has 1 aromatic heterocycles. The van der Waals surface area contributed by atoms with Gasteiger partial charge in [-0.05, 0) is 24.6 Å². The highest BCUT2D eigenvalue weighted by molar-refractivity contribution is 7.89. The van der Waals surface area contributed by atoms with E-state index >= 15 is 0 Å². The molecule has 162 valence electrons. The zero-order valence-electron chi connectivity index (χ0n) is 16.9. The molecular formula is C20H26ClN5O3S. The summed E-state index contributed by atoms with van der Waals surface area (Å²) in [5.74, 6) is -0.478. The molecule has 0 aliphatic carbocycles. The van der Waals surface area contributed by atoms with Crippen LogP contribution in [-0.2, 0) is 16.6 Å². The summed E-state index contributed by atoms with van der Waals surface area (Å²) in [5.41, 5.74) is 1.01. The van der Waals surface area contributed by atoms with Crippen molar-refractivity contribution in [1.29, 1.82) is 0 Å². The van der Waals surface area contributed by atoms with Crippen LogP contribution >= 0.6 is 11.6 Å². The topological polar surface area (TPSA) is 87.5 Å². The van der Waals surface area contributed by atoms with E-state index in [1.54, 1.807) is 6.07 Å². The van der Waals surface area contributed by atoms with Crippen LogP contribution in [0.3, 0.4) is 0 Å². The highest BCUT2D eigenvalue weighted by atomic mass is 35.5. The number of rotatable bonds is 8. The van der Waals surface area contributed by atoms with E-state index in [9.17, 15) is 13.2 Å². The summed E-state index contributed by atoms with van der Waals surface area (Å²) in [6, 6.07) is 7.48. The van der Waals surface area contributed by atoms with Gasteiger partial charge in [0, 0.05) is 56.2 Å². The molecule has 10 heteroatoms. The number of aromatic nitrogens is 2. The molecule has 0 atom stereocenters. The number of nitrogens with zero attached hydrogens (tertiary/aromatic N) is 4. The lowest BCUT2D eigenvalue weighted by atomic mass is 10.2. The summed E-state index contributed by atoms with van der Waals surface area (Å²) in [6.07, 6.45) is 3.81. The maximum atomic E-state index is 13.3. The second-order valence-corrected chi connectivity index (χ2v) is 9.27. The molecule has 1 fully saturated rings. The molecule has 0 bridgehead atoms. The number of halogens is 1. The summed E-state index contributed by atoms with van der Waals surface area (Å²) >= 11 is 6.07. The average molecular weight is 452 g/mol. The molecule has 0 unspecified atom stereocenters. The number of anilines is 1. The van der Waals surface area contributed by atoms with Crippen molar-refractivity contribution >= 4 is 33.2 Å². The van der Waals surface area contributed by atoms with Crippen molar-refractivity contribution in [3.8, 4) is 0 Å². The van der Waals surface area contributed by atoms with Gasteiger partial charge < -0.3 is 10.2 Å². The van der Waals surface area contributed by atoms with Gasteiger partial charge in [0.15, 0.2) is 0 Å². The molecule has 2 aromatic rings. The standard InChI is InChI=1S/C20H26ClN5O3S/c1-3-8-22-19(27)18-15-25(9-4-2)23-20(18)30(28,29)26-12-10-24(11-13-26)17-7-5-6-16(21)14-17/h3,5-7,14-15H,1,4,8-13H2,2H3,(H,22,27). The second-order valence-electron chi connectivity index (χ2n) is 6.98. The Kier molecular flexibility index (Phi) is 7.17.